The minimum absolute atomic E-state index is 0.00116. The van der Waals surface area contributed by atoms with Gasteiger partial charge in [0.1, 0.15) is 6.54 Å². The third kappa shape index (κ3) is 3.80. The van der Waals surface area contributed by atoms with E-state index in [4.69, 9.17) is 0 Å². The zero-order chi connectivity index (χ0) is 15.6. The molecule has 1 saturated carbocycles. The van der Waals surface area contributed by atoms with Gasteiger partial charge < -0.3 is 5.32 Å². The van der Waals surface area contributed by atoms with Crippen LogP contribution in [0.4, 0.5) is 0 Å². The first-order valence-electron chi connectivity index (χ1n) is 7.85. The summed E-state index contributed by atoms with van der Waals surface area (Å²) in [5.41, 5.74) is -0.170. The molecule has 0 saturated heterocycles. The molecule has 2 rings (SSSR count). The summed E-state index contributed by atoms with van der Waals surface area (Å²) in [4.78, 5) is 12.3. The lowest BCUT2D eigenvalue weighted by molar-refractivity contribution is -0.123. The number of tetrazole rings is 1. The van der Waals surface area contributed by atoms with Crippen molar-refractivity contribution in [2.45, 2.75) is 71.9 Å². The Morgan fingerprint density at radius 1 is 1.33 bits per heavy atom. The van der Waals surface area contributed by atoms with E-state index in [0.29, 0.717) is 11.8 Å². The lowest BCUT2D eigenvalue weighted by atomic mass is 9.78. The number of rotatable bonds is 3. The molecule has 0 bridgehead atoms. The Morgan fingerprint density at radius 2 is 2.05 bits per heavy atom. The van der Waals surface area contributed by atoms with E-state index in [9.17, 15) is 4.79 Å². The van der Waals surface area contributed by atoms with Crippen molar-refractivity contribution in [3.63, 3.8) is 0 Å². The van der Waals surface area contributed by atoms with Crippen molar-refractivity contribution in [2.24, 2.45) is 11.8 Å². The van der Waals surface area contributed by atoms with Gasteiger partial charge in [0.15, 0.2) is 5.82 Å². The van der Waals surface area contributed by atoms with Gasteiger partial charge in [0.25, 0.3) is 0 Å². The fraction of sp³-hybridized carbons (Fsp3) is 0.867. The molecule has 1 fully saturated rings. The van der Waals surface area contributed by atoms with Crippen LogP contribution in [-0.2, 0) is 16.8 Å². The highest BCUT2D eigenvalue weighted by Gasteiger charge is 2.29. The average Bonchev–Trinajstić information content (AvgIpc) is 2.83. The third-order valence-corrected chi connectivity index (χ3v) is 4.55. The molecule has 0 spiro atoms. The van der Waals surface area contributed by atoms with Crippen LogP contribution in [-0.4, -0.2) is 32.2 Å². The van der Waals surface area contributed by atoms with Crippen molar-refractivity contribution in [1.29, 1.82) is 0 Å². The summed E-state index contributed by atoms with van der Waals surface area (Å²) in [6.07, 6.45) is 3.52. The standard InChI is InChI=1S/C15H27N5O/c1-10-7-6-8-12(11(10)2)16-13(21)9-20-14(15(3,4)5)17-18-19-20/h10-12H,6-9H2,1-5H3,(H,16,21). The minimum atomic E-state index is -0.170. The van der Waals surface area contributed by atoms with Crippen LogP contribution in [0.2, 0.25) is 0 Å². The summed E-state index contributed by atoms with van der Waals surface area (Å²) in [6.45, 7) is 10.8. The fourth-order valence-corrected chi connectivity index (χ4v) is 3.02. The molecule has 0 radical (unpaired) electrons. The van der Waals surface area contributed by atoms with Crippen molar-refractivity contribution in [3.05, 3.63) is 5.82 Å². The number of aromatic nitrogens is 4. The lowest BCUT2D eigenvalue weighted by Crippen LogP contribution is -2.45. The van der Waals surface area contributed by atoms with Crippen LogP contribution in [0.3, 0.4) is 0 Å². The number of amides is 1. The Kier molecular flexibility index (Phi) is 4.64. The van der Waals surface area contributed by atoms with Gasteiger partial charge in [-0.3, -0.25) is 4.79 Å². The van der Waals surface area contributed by atoms with Gasteiger partial charge in [0.05, 0.1) is 0 Å². The van der Waals surface area contributed by atoms with E-state index in [2.05, 4.69) is 34.7 Å². The van der Waals surface area contributed by atoms with Crippen LogP contribution in [0, 0.1) is 11.8 Å². The van der Waals surface area contributed by atoms with Crippen LogP contribution in [0.5, 0.6) is 0 Å². The number of hydrogen-bond acceptors (Lipinski definition) is 4. The second-order valence-corrected chi connectivity index (χ2v) is 7.35. The van der Waals surface area contributed by atoms with Gasteiger partial charge in [-0.2, -0.15) is 0 Å². The van der Waals surface area contributed by atoms with E-state index in [1.165, 1.54) is 12.8 Å². The molecule has 3 unspecified atom stereocenters. The fourth-order valence-electron chi connectivity index (χ4n) is 3.02. The van der Waals surface area contributed by atoms with E-state index >= 15 is 0 Å². The normalized spacial score (nSPS) is 26.6. The smallest absolute Gasteiger partial charge is 0.242 e. The summed E-state index contributed by atoms with van der Waals surface area (Å²) in [5, 5.41) is 14.8. The molecule has 6 heteroatoms. The highest BCUT2D eigenvalue weighted by atomic mass is 16.2. The maximum atomic E-state index is 12.3. The quantitative estimate of drug-likeness (QED) is 0.924. The summed E-state index contributed by atoms with van der Waals surface area (Å²) in [6, 6.07) is 0.274. The molecule has 1 aliphatic rings. The van der Waals surface area contributed by atoms with Crippen molar-refractivity contribution >= 4 is 5.91 Å². The van der Waals surface area contributed by atoms with Gasteiger partial charge in [-0.1, -0.05) is 47.5 Å². The molecule has 1 aromatic heterocycles. The van der Waals surface area contributed by atoms with Gasteiger partial charge in [0, 0.05) is 11.5 Å². The average molecular weight is 293 g/mol. The molecular formula is C15H27N5O. The van der Waals surface area contributed by atoms with Crippen LogP contribution in [0.25, 0.3) is 0 Å². The highest BCUT2D eigenvalue weighted by molar-refractivity contribution is 5.76. The topological polar surface area (TPSA) is 72.7 Å². The summed E-state index contributed by atoms with van der Waals surface area (Å²) in [7, 11) is 0. The Labute approximate surface area is 126 Å². The minimum Gasteiger partial charge on any atom is -0.351 e. The van der Waals surface area contributed by atoms with Gasteiger partial charge in [0.2, 0.25) is 5.91 Å². The van der Waals surface area contributed by atoms with Gasteiger partial charge in [-0.05, 0) is 28.7 Å². The maximum Gasteiger partial charge on any atom is 0.242 e. The molecule has 1 aromatic rings. The Hall–Kier alpha value is -1.46. The molecule has 118 valence electrons. The molecule has 1 N–H and O–H groups in total. The monoisotopic (exact) mass is 293 g/mol. The van der Waals surface area contributed by atoms with E-state index in [1.54, 1.807) is 4.68 Å². The molecule has 21 heavy (non-hydrogen) atoms. The van der Waals surface area contributed by atoms with Crippen LogP contribution in [0.1, 0.15) is 59.7 Å². The molecular weight excluding hydrogens is 266 g/mol. The van der Waals surface area contributed by atoms with Crippen LogP contribution in [0.15, 0.2) is 0 Å². The second-order valence-electron chi connectivity index (χ2n) is 7.35. The third-order valence-electron chi connectivity index (χ3n) is 4.55. The summed E-state index contributed by atoms with van der Waals surface area (Å²) >= 11 is 0. The van der Waals surface area contributed by atoms with E-state index in [-0.39, 0.29) is 23.9 Å². The Bertz CT molecular complexity index is 490. The lowest BCUT2D eigenvalue weighted by Gasteiger charge is -2.34. The molecule has 1 amide bonds. The van der Waals surface area contributed by atoms with Crippen LogP contribution < -0.4 is 5.32 Å². The van der Waals surface area contributed by atoms with Crippen molar-refractivity contribution in [3.8, 4) is 0 Å². The summed E-state index contributed by atoms with van der Waals surface area (Å²) < 4.78 is 1.60. The number of nitrogens with one attached hydrogen (secondary N) is 1. The first-order chi connectivity index (χ1) is 9.79. The van der Waals surface area contributed by atoms with E-state index in [0.717, 1.165) is 12.2 Å². The van der Waals surface area contributed by atoms with E-state index < -0.39 is 0 Å². The number of nitrogens with zero attached hydrogens (tertiary/aromatic N) is 4. The molecule has 3 atom stereocenters. The number of carbonyl (C=O) groups excluding carboxylic acids is 1. The number of hydrogen-bond donors (Lipinski definition) is 1. The van der Waals surface area contributed by atoms with Crippen molar-refractivity contribution in [2.75, 3.05) is 0 Å². The Morgan fingerprint density at radius 3 is 2.71 bits per heavy atom. The maximum absolute atomic E-state index is 12.3. The van der Waals surface area contributed by atoms with Crippen molar-refractivity contribution < 1.29 is 4.79 Å². The zero-order valence-electron chi connectivity index (χ0n) is 13.8. The Balaban J connectivity index is 1.98. The van der Waals surface area contributed by atoms with Gasteiger partial charge in [-0.15, -0.1) is 5.10 Å². The van der Waals surface area contributed by atoms with Crippen molar-refractivity contribution in [1.82, 2.24) is 25.5 Å². The molecule has 0 aliphatic heterocycles. The van der Waals surface area contributed by atoms with Gasteiger partial charge >= 0.3 is 0 Å². The van der Waals surface area contributed by atoms with E-state index in [1.807, 2.05) is 20.8 Å². The van der Waals surface area contributed by atoms with Crippen LogP contribution >= 0.6 is 0 Å². The molecule has 1 heterocycles. The zero-order valence-corrected chi connectivity index (χ0v) is 13.8. The first kappa shape index (κ1) is 15.9. The SMILES string of the molecule is CC1CCCC(NC(=O)Cn2nnnc2C(C)(C)C)C1C. The molecule has 1 aliphatic carbocycles. The summed E-state index contributed by atoms with van der Waals surface area (Å²) in [5.74, 6) is 1.93. The first-order valence-corrected chi connectivity index (χ1v) is 7.85. The molecule has 0 aromatic carbocycles. The highest BCUT2D eigenvalue weighted by Crippen LogP contribution is 2.29. The largest absolute Gasteiger partial charge is 0.351 e. The predicted octanol–water partition coefficient (Wildman–Crippen LogP) is 1.91. The molecule has 6 nitrogen and oxygen atoms in total. The van der Waals surface area contributed by atoms with Gasteiger partial charge in [-0.25, -0.2) is 4.68 Å². The predicted molar refractivity (Wildman–Crippen MR) is 80.6 cm³/mol. The number of carbonyl (C=O) groups is 1. The second kappa shape index (κ2) is 6.12.